The van der Waals surface area contributed by atoms with E-state index < -0.39 is 0 Å². The molecule has 0 aliphatic rings. The second kappa shape index (κ2) is 10.3. The summed E-state index contributed by atoms with van der Waals surface area (Å²) in [6.45, 7) is 6.02. The summed E-state index contributed by atoms with van der Waals surface area (Å²) >= 11 is 0. The average Bonchev–Trinajstić information content (AvgIpc) is 2.66. The molecule has 6 heteroatoms. The van der Waals surface area contributed by atoms with Crippen molar-refractivity contribution in [2.75, 3.05) is 20.3 Å². The summed E-state index contributed by atoms with van der Waals surface area (Å²) in [6.07, 6.45) is 0. The van der Waals surface area contributed by atoms with Crippen molar-refractivity contribution in [2.45, 2.75) is 26.9 Å². The highest BCUT2D eigenvalue weighted by molar-refractivity contribution is 5.79. The molecule has 0 saturated heterocycles. The molecule has 0 saturated carbocycles. The Morgan fingerprint density at radius 1 is 1.04 bits per heavy atom. The van der Waals surface area contributed by atoms with Crippen molar-refractivity contribution >= 4 is 5.96 Å². The van der Waals surface area contributed by atoms with Crippen LogP contribution in [-0.4, -0.2) is 26.2 Å². The topological polar surface area (TPSA) is 54.9 Å². The molecule has 0 spiro atoms. The van der Waals surface area contributed by atoms with Crippen LogP contribution in [0.5, 0.6) is 11.5 Å². The molecule has 140 valence electrons. The SMILES string of the molecule is CCNC(=NCc1ccc(OCC)c(F)c1)NCc1ccc(OC)cc1. The van der Waals surface area contributed by atoms with Gasteiger partial charge in [0.1, 0.15) is 5.75 Å². The lowest BCUT2D eigenvalue weighted by atomic mass is 10.2. The number of nitrogens with zero attached hydrogens (tertiary/aromatic N) is 1. The average molecular weight is 359 g/mol. The number of hydrogen-bond acceptors (Lipinski definition) is 3. The molecule has 2 aromatic rings. The van der Waals surface area contributed by atoms with Gasteiger partial charge in [-0.15, -0.1) is 0 Å². The Morgan fingerprint density at radius 2 is 1.77 bits per heavy atom. The van der Waals surface area contributed by atoms with Crippen LogP contribution < -0.4 is 20.1 Å². The van der Waals surface area contributed by atoms with E-state index in [2.05, 4.69) is 15.6 Å². The largest absolute Gasteiger partial charge is 0.497 e. The van der Waals surface area contributed by atoms with E-state index in [9.17, 15) is 4.39 Å². The molecule has 0 atom stereocenters. The molecule has 0 amide bonds. The number of hydrogen-bond donors (Lipinski definition) is 2. The number of guanidine groups is 1. The normalized spacial score (nSPS) is 11.2. The first-order valence-electron chi connectivity index (χ1n) is 8.72. The molecule has 26 heavy (non-hydrogen) atoms. The summed E-state index contributed by atoms with van der Waals surface area (Å²) in [5.41, 5.74) is 1.90. The highest BCUT2D eigenvalue weighted by Gasteiger charge is 2.05. The van der Waals surface area contributed by atoms with Gasteiger partial charge in [0.15, 0.2) is 17.5 Å². The predicted octanol–water partition coefficient (Wildman–Crippen LogP) is 3.49. The van der Waals surface area contributed by atoms with Crippen LogP contribution >= 0.6 is 0 Å². The molecule has 0 unspecified atom stereocenters. The zero-order valence-electron chi connectivity index (χ0n) is 15.5. The van der Waals surface area contributed by atoms with Gasteiger partial charge in [0.25, 0.3) is 0 Å². The van der Waals surface area contributed by atoms with Crippen molar-refractivity contribution < 1.29 is 13.9 Å². The molecule has 0 aliphatic heterocycles. The Morgan fingerprint density at radius 3 is 2.38 bits per heavy atom. The second-order valence-corrected chi connectivity index (χ2v) is 5.59. The van der Waals surface area contributed by atoms with Gasteiger partial charge in [0.05, 0.1) is 20.3 Å². The standard InChI is InChI=1S/C20H26FN3O2/c1-4-22-20(23-13-15-6-9-17(25-3)10-7-15)24-14-16-8-11-19(26-5-2)18(21)12-16/h6-12H,4-5,13-14H2,1-3H3,(H2,22,23,24). The summed E-state index contributed by atoms with van der Waals surface area (Å²) in [4.78, 5) is 4.51. The molecule has 0 heterocycles. The highest BCUT2D eigenvalue weighted by atomic mass is 19.1. The maximum Gasteiger partial charge on any atom is 0.191 e. The molecule has 0 aromatic heterocycles. The van der Waals surface area contributed by atoms with Crippen LogP contribution in [-0.2, 0) is 13.1 Å². The zero-order valence-corrected chi connectivity index (χ0v) is 15.5. The maximum atomic E-state index is 13.9. The van der Waals surface area contributed by atoms with Gasteiger partial charge in [-0.2, -0.15) is 0 Å². The van der Waals surface area contributed by atoms with E-state index in [0.717, 1.165) is 23.4 Å². The van der Waals surface area contributed by atoms with Crippen LogP contribution in [0.15, 0.2) is 47.5 Å². The van der Waals surface area contributed by atoms with Crippen LogP contribution in [0.3, 0.4) is 0 Å². The minimum absolute atomic E-state index is 0.268. The van der Waals surface area contributed by atoms with Gasteiger partial charge in [-0.1, -0.05) is 18.2 Å². The van der Waals surface area contributed by atoms with Crippen LogP contribution in [0.25, 0.3) is 0 Å². The molecule has 5 nitrogen and oxygen atoms in total. The van der Waals surface area contributed by atoms with Crippen molar-refractivity contribution in [3.63, 3.8) is 0 Å². The Labute approximate surface area is 154 Å². The van der Waals surface area contributed by atoms with E-state index in [0.29, 0.717) is 25.7 Å². The Kier molecular flexibility index (Phi) is 7.74. The van der Waals surface area contributed by atoms with Crippen molar-refractivity contribution in [2.24, 2.45) is 4.99 Å². The third-order valence-corrected chi connectivity index (χ3v) is 3.68. The fourth-order valence-corrected chi connectivity index (χ4v) is 2.36. The molecular weight excluding hydrogens is 333 g/mol. The number of ether oxygens (including phenoxy) is 2. The molecule has 2 rings (SSSR count). The first kappa shape index (κ1) is 19.6. The zero-order chi connectivity index (χ0) is 18.8. The van der Waals surface area contributed by atoms with Crippen LogP contribution in [0.2, 0.25) is 0 Å². The monoisotopic (exact) mass is 359 g/mol. The Bertz CT molecular complexity index is 717. The second-order valence-electron chi connectivity index (χ2n) is 5.59. The molecular formula is C20H26FN3O2. The lowest BCUT2D eigenvalue weighted by Gasteiger charge is -2.12. The molecule has 0 fully saturated rings. The number of benzene rings is 2. The third kappa shape index (κ3) is 5.95. The summed E-state index contributed by atoms with van der Waals surface area (Å²) in [5.74, 6) is 1.41. The summed E-state index contributed by atoms with van der Waals surface area (Å²) in [7, 11) is 1.65. The van der Waals surface area contributed by atoms with Crippen molar-refractivity contribution in [3.05, 3.63) is 59.4 Å². The number of nitrogens with one attached hydrogen (secondary N) is 2. The minimum atomic E-state index is -0.365. The summed E-state index contributed by atoms with van der Waals surface area (Å²) in [6, 6.07) is 12.8. The van der Waals surface area contributed by atoms with Gasteiger partial charge in [-0.3, -0.25) is 0 Å². The fraction of sp³-hybridized carbons (Fsp3) is 0.350. The first-order valence-corrected chi connectivity index (χ1v) is 8.72. The maximum absolute atomic E-state index is 13.9. The van der Waals surface area contributed by atoms with Crippen molar-refractivity contribution in [1.82, 2.24) is 10.6 Å². The number of aliphatic imine (C=N–C) groups is 1. The van der Waals surface area contributed by atoms with Gasteiger partial charge in [-0.05, 0) is 49.2 Å². The molecule has 0 bridgehead atoms. The Hall–Kier alpha value is -2.76. The van der Waals surface area contributed by atoms with E-state index >= 15 is 0 Å². The quantitative estimate of drug-likeness (QED) is 0.560. The molecule has 0 aliphatic carbocycles. The van der Waals surface area contributed by atoms with E-state index in [1.807, 2.05) is 44.2 Å². The summed E-state index contributed by atoms with van der Waals surface area (Å²) in [5, 5.41) is 6.46. The van der Waals surface area contributed by atoms with E-state index in [1.54, 1.807) is 13.2 Å². The minimum Gasteiger partial charge on any atom is -0.497 e. The van der Waals surface area contributed by atoms with Crippen molar-refractivity contribution in [1.29, 1.82) is 0 Å². The number of halogens is 1. The third-order valence-electron chi connectivity index (χ3n) is 3.68. The predicted molar refractivity (Wildman–Crippen MR) is 102 cm³/mol. The van der Waals surface area contributed by atoms with Crippen LogP contribution in [0.1, 0.15) is 25.0 Å². The Balaban J connectivity index is 1.97. The van der Waals surface area contributed by atoms with Crippen molar-refractivity contribution in [3.8, 4) is 11.5 Å². The smallest absolute Gasteiger partial charge is 0.191 e. The van der Waals surface area contributed by atoms with Gasteiger partial charge in [0.2, 0.25) is 0 Å². The lowest BCUT2D eigenvalue weighted by molar-refractivity contribution is 0.321. The molecule has 2 N–H and O–H groups in total. The van der Waals surface area contributed by atoms with Crippen LogP contribution in [0.4, 0.5) is 4.39 Å². The first-order chi connectivity index (χ1) is 12.7. The number of rotatable bonds is 8. The van der Waals surface area contributed by atoms with Gasteiger partial charge in [-0.25, -0.2) is 9.38 Å². The molecule has 0 radical (unpaired) electrons. The van der Waals surface area contributed by atoms with E-state index in [4.69, 9.17) is 9.47 Å². The van der Waals surface area contributed by atoms with Crippen LogP contribution in [0, 0.1) is 5.82 Å². The van der Waals surface area contributed by atoms with E-state index in [1.165, 1.54) is 6.07 Å². The lowest BCUT2D eigenvalue weighted by Crippen LogP contribution is -2.36. The highest BCUT2D eigenvalue weighted by Crippen LogP contribution is 2.18. The summed E-state index contributed by atoms with van der Waals surface area (Å²) < 4.78 is 24.3. The number of methoxy groups -OCH3 is 1. The molecule has 2 aromatic carbocycles. The van der Waals surface area contributed by atoms with Gasteiger partial charge >= 0.3 is 0 Å². The fourth-order valence-electron chi connectivity index (χ4n) is 2.36. The van der Waals surface area contributed by atoms with E-state index in [-0.39, 0.29) is 11.6 Å². The van der Waals surface area contributed by atoms with Gasteiger partial charge < -0.3 is 20.1 Å². The van der Waals surface area contributed by atoms with Gasteiger partial charge in [0, 0.05) is 13.1 Å².